The van der Waals surface area contributed by atoms with Crippen molar-refractivity contribution in [2.75, 3.05) is 19.4 Å². The highest BCUT2D eigenvalue weighted by Gasteiger charge is 2.30. The van der Waals surface area contributed by atoms with Gasteiger partial charge in [-0.1, -0.05) is 12.1 Å². The van der Waals surface area contributed by atoms with Crippen molar-refractivity contribution < 1.29 is 19.5 Å². The summed E-state index contributed by atoms with van der Waals surface area (Å²) in [7, 11) is 0. The second-order valence-corrected chi connectivity index (χ2v) is 6.32. The van der Waals surface area contributed by atoms with Gasteiger partial charge >= 0.3 is 6.03 Å². The van der Waals surface area contributed by atoms with E-state index in [-0.39, 0.29) is 31.9 Å². The van der Waals surface area contributed by atoms with Crippen LogP contribution in [0.2, 0.25) is 0 Å². The summed E-state index contributed by atoms with van der Waals surface area (Å²) in [5.41, 5.74) is 0.974. The molecule has 4 amide bonds. The van der Waals surface area contributed by atoms with E-state index >= 15 is 0 Å². The molecule has 1 saturated heterocycles. The number of hydrogen-bond donors (Lipinski definition) is 3. The SMILES string of the molecule is CSc1ccc(CN(CCO)C(=O)CC[C@H]2NC(=O)NC2=O)cc1. The summed E-state index contributed by atoms with van der Waals surface area (Å²) in [6, 6.07) is 6.68. The third-order valence-corrected chi connectivity index (χ3v) is 4.50. The lowest BCUT2D eigenvalue weighted by atomic mass is 10.1. The van der Waals surface area contributed by atoms with Gasteiger partial charge in [0, 0.05) is 24.4 Å². The molecule has 2 rings (SSSR count). The Morgan fingerprint density at radius 3 is 2.54 bits per heavy atom. The fourth-order valence-electron chi connectivity index (χ4n) is 2.45. The molecule has 7 nitrogen and oxygen atoms in total. The molecule has 1 aliphatic rings. The number of aliphatic hydroxyl groups is 1. The van der Waals surface area contributed by atoms with Gasteiger partial charge in [-0.15, -0.1) is 11.8 Å². The molecule has 0 saturated carbocycles. The quantitative estimate of drug-likeness (QED) is 0.473. The van der Waals surface area contributed by atoms with E-state index in [2.05, 4.69) is 10.6 Å². The standard InChI is InChI=1S/C16H21N3O4S/c1-24-12-4-2-11(3-5-12)10-19(8-9-20)14(21)7-6-13-15(22)18-16(23)17-13/h2-5,13,20H,6-10H2,1H3,(H2,17,18,22,23)/t13-/m1/s1. The fourth-order valence-corrected chi connectivity index (χ4v) is 2.86. The second-order valence-electron chi connectivity index (χ2n) is 5.44. The Hall–Kier alpha value is -2.06. The highest BCUT2D eigenvalue weighted by molar-refractivity contribution is 7.98. The molecular formula is C16H21N3O4S. The van der Waals surface area contributed by atoms with Crippen molar-refractivity contribution in [1.29, 1.82) is 0 Å². The summed E-state index contributed by atoms with van der Waals surface area (Å²) in [6.07, 6.45) is 2.36. The first-order valence-corrected chi connectivity index (χ1v) is 8.89. The third kappa shape index (κ3) is 4.97. The summed E-state index contributed by atoms with van der Waals surface area (Å²) in [6.45, 7) is 0.499. The van der Waals surface area contributed by atoms with E-state index in [0.717, 1.165) is 10.5 Å². The van der Waals surface area contributed by atoms with Gasteiger partial charge in [0.2, 0.25) is 5.91 Å². The monoisotopic (exact) mass is 351 g/mol. The van der Waals surface area contributed by atoms with Gasteiger partial charge in [-0.3, -0.25) is 14.9 Å². The predicted molar refractivity (Wildman–Crippen MR) is 90.4 cm³/mol. The van der Waals surface area contributed by atoms with Crippen molar-refractivity contribution in [3.05, 3.63) is 29.8 Å². The molecule has 24 heavy (non-hydrogen) atoms. The summed E-state index contributed by atoms with van der Waals surface area (Å²) in [5, 5.41) is 13.8. The molecule has 130 valence electrons. The van der Waals surface area contributed by atoms with Crippen LogP contribution in [0.5, 0.6) is 0 Å². The van der Waals surface area contributed by atoms with E-state index in [1.54, 1.807) is 16.7 Å². The van der Waals surface area contributed by atoms with Crippen LogP contribution in [0.3, 0.4) is 0 Å². The summed E-state index contributed by atoms with van der Waals surface area (Å²) < 4.78 is 0. The molecule has 1 aliphatic heterocycles. The topological polar surface area (TPSA) is 98.7 Å². The molecular weight excluding hydrogens is 330 g/mol. The number of hydrogen-bond acceptors (Lipinski definition) is 5. The van der Waals surface area contributed by atoms with Crippen molar-refractivity contribution in [3.8, 4) is 0 Å². The van der Waals surface area contributed by atoms with Gasteiger partial charge in [0.25, 0.3) is 5.91 Å². The summed E-state index contributed by atoms with van der Waals surface area (Å²) in [5.74, 6) is -0.568. The van der Waals surface area contributed by atoms with Gasteiger partial charge in [-0.05, 0) is 30.4 Å². The molecule has 0 unspecified atom stereocenters. The van der Waals surface area contributed by atoms with Crippen LogP contribution in [0.15, 0.2) is 29.2 Å². The average molecular weight is 351 g/mol. The molecule has 3 N–H and O–H groups in total. The Bertz CT molecular complexity index is 606. The Kier molecular flexibility index (Phi) is 6.62. The minimum atomic E-state index is -0.668. The number of amides is 4. The number of nitrogens with one attached hydrogen (secondary N) is 2. The van der Waals surface area contributed by atoms with E-state index in [1.165, 1.54) is 0 Å². The molecule has 8 heteroatoms. The average Bonchev–Trinajstić information content (AvgIpc) is 2.90. The van der Waals surface area contributed by atoms with E-state index in [9.17, 15) is 19.5 Å². The first-order valence-electron chi connectivity index (χ1n) is 7.66. The maximum absolute atomic E-state index is 12.4. The van der Waals surface area contributed by atoms with Crippen LogP contribution in [-0.4, -0.2) is 53.3 Å². The lowest BCUT2D eigenvalue weighted by Crippen LogP contribution is -2.35. The Labute approximate surface area is 144 Å². The predicted octanol–water partition coefficient (Wildman–Crippen LogP) is 0.718. The van der Waals surface area contributed by atoms with Crippen LogP contribution >= 0.6 is 11.8 Å². The fraction of sp³-hybridized carbons (Fsp3) is 0.438. The van der Waals surface area contributed by atoms with Gasteiger partial charge in [-0.25, -0.2) is 4.79 Å². The number of carbonyl (C=O) groups is 3. The molecule has 0 spiro atoms. The highest BCUT2D eigenvalue weighted by Crippen LogP contribution is 2.16. The van der Waals surface area contributed by atoms with Crippen LogP contribution in [0, 0.1) is 0 Å². The van der Waals surface area contributed by atoms with Crippen molar-refractivity contribution >= 4 is 29.6 Å². The van der Waals surface area contributed by atoms with Crippen molar-refractivity contribution in [1.82, 2.24) is 15.5 Å². The number of rotatable bonds is 8. The maximum Gasteiger partial charge on any atom is 0.322 e. The zero-order valence-electron chi connectivity index (χ0n) is 13.4. The van der Waals surface area contributed by atoms with Gasteiger partial charge in [0.15, 0.2) is 0 Å². The number of aliphatic hydroxyl groups excluding tert-OH is 1. The molecule has 1 heterocycles. The summed E-state index contributed by atoms with van der Waals surface area (Å²) >= 11 is 1.64. The second kappa shape index (κ2) is 8.70. The number of thioether (sulfide) groups is 1. The Morgan fingerprint density at radius 1 is 1.29 bits per heavy atom. The molecule has 0 bridgehead atoms. The molecule has 1 aromatic carbocycles. The van der Waals surface area contributed by atoms with E-state index in [1.807, 2.05) is 30.5 Å². The summed E-state index contributed by atoms with van der Waals surface area (Å²) in [4.78, 5) is 37.6. The smallest absolute Gasteiger partial charge is 0.322 e. The Balaban J connectivity index is 1.91. The lowest BCUT2D eigenvalue weighted by Gasteiger charge is -2.22. The number of urea groups is 1. The van der Waals surface area contributed by atoms with Gasteiger partial charge in [0.05, 0.1) is 6.61 Å². The molecule has 0 radical (unpaired) electrons. The molecule has 1 atom stereocenters. The maximum atomic E-state index is 12.4. The molecule has 0 aromatic heterocycles. The van der Waals surface area contributed by atoms with Gasteiger partial charge < -0.3 is 15.3 Å². The first kappa shape index (κ1) is 18.3. The van der Waals surface area contributed by atoms with E-state index in [0.29, 0.717) is 6.54 Å². The largest absolute Gasteiger partial charge is 0.395 e. The molecule has 1 fully saturated rings. The van der Waals surface area contributed by atoms with Gasteiger partial charge in [-0.2, -0.15) is 0 Å². The molecule has 1 aromatic rings. The van der Waals surface area contributed by atoms with Crippen molar-refractivity contribution in [3.63, 3.8) is 0 Å². The lowest BCUT2D eigenvalue weighted by molar-refractivity contribution is -0.132. The van der Waals surface area contributed by atoms with Crippen LogP contribution in [0.25, 0.3) is 0 Å². The normalized spacial score (nSPS) is 16.7. The minimum absolute atomic E-state index is 0.126. The number of nitrogens with zero attached hydrogens (tertiary/aromatic N) is 1. The van der Waals surface area contributed by atoms with Gasteiger partial charge in [0.1, 0.15) is 6.04 Å². The zero-order chi connectivity index (χ0) is 17.5. The number of imide groups is 1. The van der Waals surface area contributed by atoms with Crippen molar-refractivity contribution in [2.24, 2.45) is 0 Å². The molecule has 0 aliphatic carbocycles. The van der Waals surface area contributed by atoms with Crippen LogP contribution < -0.4 is 10.6 Å². The zero-order valence-corrected chi connectivity index (χ0v) is 14.3. The third-order valence-electron chi connectivity index (χ3n) is 3.76. The highest BCUT2D eigenvalue weighted by atomic mass is 32.2. The first-order chi connectivity index (χ1) is 11.5. The Morgan fingerprint density at radius 2 is 2.00 bits per heavy atom. The van der Waals surface area contributed by atoms with E-state index in [4.69, 9.17) is 0 Å². The van der Waals surface area contributed by atoms with Crippen LogP contribution in [-0.2, 0) is 16.1 Å². The van der Waals surface area contributed by atoms with Crippen LogP contribution in [0.1, 0.15) is 18.4 Å². The van der Waals surface area contributed by atoms with Crippen LogP contribution in [0.4, 0.5) is 4.79 Å². The minimum Gasteiger partial charge on any atom is -0.395 e. The van der Waals surface area contributed by atoms with E-state index < -0.39 is 18.0 Å². The number of carbonyl (C=O) groups excluding carboxylic acids is 3. The van der Waals surface area contributed by atoms with Crippen molar-refractivity contribution in [2.45, 2.75) is 30.3 Å². The number of benzene rings is 1.